The molecule has 1 aliphatic heterocycles. The molecular weight excluding hydrogens is 214 g/mol. The number of hydrogen-bond acceptors (Lipinski definition) is 3. The molecule has 1 heterocycles. The van der Waals surface area contributed by atoms with E-state index in [-0.39, 0.29) is 18.4 Å². The van der Waals surface area contributed by atoms with E-state index >= 15 is 0 Å². The minimum Gasteiger partial charge on any atom is -0.511 e. The van der Waals surface area contributed by atoms with Crippen molar-refractivity contribution in [2.24, 2.45) is 5.92 Å². The zero-order valence-corrected chi connectivity index (χ0v) is 9.30. The molecule has 2 aliphatic rings. The van der Waals surface area contributed by atoms with E-state index in [4.69, 9.17) is 11.6 Å². The van der Waals surface area contributed by atoms with Gasteiger partial charge in [0.25, 0.3) is 0 Å². The Hall–Kier alpha value is -0.510. The van der Waals surface area contributed by atoms with Crippen LogP contribution in [-0.4, -0.2) is 29.4 Å². The third kappa shape index (κ3) is 2.19. The third-order valence-electron chi connectivity index (χ3n) is 3.26. The van der Waals surface area contributed by atoms with Crippen molar-refractivity contribution in [3.05, 3.63) is 22.4 Å². The van der Waals surface area contributed by atoms with Gasteiger partial charge in [-0.25, -0.2) is 0 Å². The SMILES string of the molecule is OC[C@@H]1NCC[C@@H]1C1=CC(Cl)=C(O)CC1. The van der Waals surface area contributed by atoms with Gasteiger partial charge in [0, 0.05) is 12.5 Å². The van der Waals surface area contributed by atoms with Gasteiger partial charge in [0.05, 0.1) is 11.6 Å². The zero-order chi connectivity index (χ0) is 10.8. The van der Waals surface area contributed by atoms with Crippen molar-refractivity contribution in [1.82, 2.24) is 5.32 Å². The Bertz CT molecular complexity index is 312. The predicted molar refractivity (Wildman–Crippen MR) is 59.8 cm³/mol. The average Bonchev–Trinajstić information content (AvgIpc) is 2.70. The van der Waals surface area contributed by atoms with Gasteiger partial charge < -0.3 is 15.5 Å². The summed E-state index contributed by atoms with van der Waals surface area (Å²) in [6.45, 7) is 1.11. The predicted octanol–water partition coefficient (Wildman–Crippen LogP) is 1.69. The number of halogens is 1. The Balaban J connectivity index is 2.14. The fourth-order valence-electron chi connectivity index (χ4n) is 2.40. The van der Waals surface area contributed by atoms with Crippen LogP contribution in [0.25, 0.3) is 0 Å². The molecule has 0 amide bonds. The summed E-state index contributed by atoms with van der Waals surface area (Å²) in [7, 11) is 0. The van der Waals surface area contributed by atoms with E-state index in [1.54, 1.807) is 0 Å². The zero-order valence-electron chi connectivity index (χ0n) is 8.54. The monoisotopic (exact) mass is 229 g/mol. The van der Waals surface area contributed by atoms with Gasteiger partial charge in [0.2, 0.25) is 0 Å². The minimum absolute atomic E-state index is 0.154. The third-order valence-corrected chi connectivity index (χ3v) is 3.59. The van der Waals surface area contributed by atoms with Gasteiger partial charge in [0.15, 0.2) is 0 Å². The van der Waals surface area contributed by atoms with Crippen molar-refractivity contribution in [3.8, 4) is 0 Å². The van der Waals surface area contributed by atoms with Gasteiger partial charge in [-0.05, 0) is 31.4 Å². The lowest BCUT2D eigenvalue weighted by atomic mass is 9.86. The molecular formula is C11H16ClNO2. The first-order valence-corrected chi connectivity index (χ1v) is 5.72. The second-order valence-electron chi connectivity index (χ2n) is 4.15. The standard InChI is InChI=1S/C11H16ClNO2/c12-9-5-7(1-2-11(9)15)8-3-4-13-10(8)6-14/h5,8,10,13-15H,1-4,6H2/t8-,10+/m1/s1. The van der Waals surface area contributed by atoms with Crippen molar-refractivity contribution < 1.29 is 10.2 Å². The van der Waals surface area contributed by atoms with Gasteiger partial charge in [-0.3, -0.25) is 0 Å². The molecule has 0 radical (unpaired) electrons. The topological polar surface area (TPSA) is 52.5 Å². The van der Waals surface area contributed by atoms with Crippen LogP contribution in [0.3, 0.4) is 0 Å². The molecule has 4 heteroatoms. The van der Waals surface area contributed by atoms with E-state index in [0.717, 1.165) is 19.4 Å². The van der Waals surface area contributed by atoms with E-state index in [9.17, 15) is 10.2 Å². The van der Waals surface area contributed by atoms with E-state index in [0.29, 0.717) is 17.4 Å². The fraction of sp³-hybridized carbons (Fsp3) is 0.636. The van der Waals surface area contributed by atoms with Crippen LogP contribution in [-0.2, 0) is 0 Å². The summed E-state index contributed by atoms with van der Waals surface area (Å²) in [5.41, 5.74) is 1.25. The van der Waals surface area contributed by atoms with Crippen LogP contribution in [0, 0.1) is 5.92 Å². The van der Waals surface area contributed by atoms with Gasteiger partial charge in [-0.15, -0.1) is 0 Å². The molecule has 15 heavy (non-hydrogen) atoms. The lowest BCUT2D eigenvalue weighted by molar-refractivity contribution is 0.235. The number of nitrogens with one attached hydrogen (secondary N) is 1. The van der Waals surface area contributed by atoms with Crippen molar-refractivity contribution in [2.45, 2.75) is 25.3 Å². The first kappa shape index (κ1) is 11.0. The number of aliphatic hydroxyl groups is 2. The summed E-state index contributed by atoms with van der Waals surface area (Å²) >= 11 is 5.90. The molecule has 0 unspecified atom stereocenters. The maximum atomic E-state index is 9.40. The first-order valence-electron chi connectivity index (χ1n) is 5.34. The van der Waals surface area contributed by atoms with Crippen molar-refractivity contribution in [1.29, 1.82) is 0 Å². The van der Waals surface area contributed by atoms with Crippen LogP contribution >= 0.6 is 11.6 Å². The molecule has 0 aromatic rings. The Kier molecular flexibility index (Phi) is 3.34. The van der Waals surface area contributed by atoms with Crippen LogP contribution in [0.1, 0.15) is 19.3 Å². The molecule has 2 atom stereocenters. The highest BCUT2D eigenvalue weighted by molar-refractivity contribution is 6.31. The molecule has 0 aromatic heterocycles. The number of rotatable bonds is 2. The molecule has 0 aromatic carbocycles. The lowest BCUT2D eigenvalue weighted by Gasteiger charge is -2.23. The highest BCUT2D eigenvalue weighted by atomic mass is 35.5. The largest absolute Gasteiger partial charge is 0.511 e. The fourth-order valence-corrected chi connectivity index (χ4v) is 2.63. The number of allylic oxidation sites excluding steroid dienone is 3. The Labute approximate surface area is 94.4 Å². The maximum absolute atomic E-state index is 9.40. The van der Waals surface area contributed by atoms with Crippen LogP contribution in [0.15, 0.2) is 22.4 Å². The normalized spacial score (nSPS) is 32.0. The van der Waals surface area contributed by atoms with Gasteiger partial charge >= 0.3 is 0 Å². The van der Waals surface area contributed by atoms with E-state index in [2.05, 4.69) is 5.32 Å². The first-order chi connectivity index (χ1) is 7.22. The molecule has 0 bridgehead atoms. The molecule has 0 saturated carbocycles. The Morgan fingerprint density at radius 2 is 2.27 bits per heavy atom. The number of hydrogen-bond donors (Lipinski definition) is 3. The Morgan fingerprint density at radius 3 is 2.93 bits per heavy atom. The molecule has 84 valence electrons. The quantitative estimate of drug-likeness (QED) is 0.676. The van der Waals surface area contributed by atoms with Gasteiger partial charge in [0.1, 0.15) is 5.76 Å². The summed E-state index contributed by atoms with van der Waals surface area (Å²) in [6, 6.07) is 0.154. The Morgan fingerprint density at radius 1 is 1.47 bits per heavy atom. The van der Waals surface area contributed by atoms with Crippen LogP contribution in [0.4, 0.5) is 0 Å². The minimum atomic E-state index is 0.154. The summed E-state index contributed by atoms with van der Waals surface area (Å²) in [4.78, 5) is 0. The summed E-state index contributed by atoms with van der Waals surface area (Å²) in [5, 5.41) is 22.3. The number of aliphatic hydroxyl groups excluding tert-OH is 2. The highest BCUT2D eigenvalue weighted by Gasteiger charge is 2.30. The molecule has 2 rings (SSSR count). The molecule has 1 fully saturated rings. The van der Waals surface area contributed by atoms with Crippen LogP contribution < -0.4 is 5.32 Å². The van der Waals surface area contributed by atoms with E-state index in [1.807, 2.05) is 6.08 Å². The molecule has 1 aliphatic carbocycles. The maximum Gasteiger partial charge on any atom is 0.111 e. The van der Waals surface area contributed by atoms with Gasteiger partial charge in [-0.2, -0.15) is 0 Å². The molecule has 3 nitrogen and oxygen atoms in total. The highest BCUT2D eigenvalue weighted by Crippen LogP contribution is 2.33. The van der Waals surface area contributed by atoms with E-state index in [1.165, 1.54) is 5.57 Å². The summed E-state index contributed by atoms with van der Waals surface area (Å²) in [6.07, 6.45) is 4.38. The molecule has 1 saturated heterocycles. The van der Waals surface area contributed by atoms with Crippen molar-refractivity contribution >= 4 is 11.6 Å². The van der Waals surface area contributed by atoms with Crippen LogP contribution in [0.2, 0.25) is 0 Å². The lowest BCUT2D eigenvalue weighted by Crippen LogP contribution is -2.31. The van der Waals surface area contributed by atoms with Crippen LogP contribution in [0.5, 0.6) is 0 Å². The van der Waals surface area contributed by atoms with Crippen molar-refractivity contribution in [3.63, 3.8) is 0 Å². The molecule has 3 N–H and O–H groups in total. The molecule has 0 spiro atoms. The van der Waals surface area contributed by atoms with Crippen molar-refractivity contribution in [2.75, 3.05) is 13.2 Å². The van der Waals surface area contributed by atoms with E-state index < -0.39 is 0 Å². The summed E-state index contributed by atoms with van der Waals surface area (Å²) in [5.74, 6) is 0.656. The summed E-state index contributed by atoms with van der Waals surface area (Å²) < 4.78 is 0. The average molecular weight is 230 g/mol. The second-order valence-corrected chi connectivity index (χ2v) is 4.56. The smallest absolute Gasteiger partial charge is 0.111 e. The van der Waals surface area contributed by atoms with Gasteiger partial charge in [-0.1, -0.05) is 17.2 Å². The second kappa shape index (κ2) is 4.56.